The molecular formula is C19H19N3O2. The Morgan fingerprint density at radius 1 is 1.12 bits per heavy atom. The lowest BCUT2D eigenvalue weighted by Crippen LogP contribution is -2.24. The Balaban J connectivity index is 2.02. The van der Waals surface area contributed by atoms with Crippen molar-refractivity contribution in [1.29, 1.82) is 0 Å². The maximum absolute atomic E-state index is 12.1. The van der Waals surface area contributed by atoms with Crippen LogP contribution in [0.15, 0.2) is 53.5 Å². The highest BCUT2D eigenvalue weighted by Gasteiger charge is 2.17. The van der Waals surface area contributed by atoms with Gasteiger partial charge in [0.25, 0.3) is 5.91 Å². The predicted molar refractivity (Wildman–Crippen MR) is 94.3 cm³/mol. The topological polar surface area (TPSA) is 102 Å². The van der Waals surface area contributed by atoms with Crippen LogP contribution in [0.25, 0.3) is 5.57 Å². The smallest absolute Gasteiger partial charge is 0.280 e. The predicted octanol–water partition coefficient (Wildman–Crippen LogP) is 1.97. The number of aliphatic hydroxyl groups excluding tert-OH is 1. The molecule has 5 heteroatoms. The van der Waals surface area contributed by atoms with E-state index in [0.717, 1.165) is 35.1 Å². The fraction of sp³-hybridized carbons (Fsp3) is 0.158. The maximum Gasteiger partial charge on any atom is 0.280 e. The van der Waals surface area contributed by atoms with E-state index < -0.39 is 5.91 Å². The van der Waals surface area contributed by atoms with E-state index in [9.17, 15) is 9.90 Å². The van der Waals surface area contributed by atoms with Gasteiger partial charge in [-0.2, -0.15) is 4.99 Å². The molecule has 0 atom stereocenters. The third kappa shape index (κ3) is 3.21. The second kappa shape index (κ2) is 6.68. The van der Waals surface area contributed by atoms with Gasteiger partial charge in [-0.3, -0.25) is 4.79 Å². The van der Waals surface area contributed by atoms with Gasteiger partial charge in [0, 0.05) is 5.56 Å². The van der Waals surface area contributed by atoms with Crippen molar-refractivity contribution in [3.8, 4) is 0 Å². The van der Waals surface area contributed by atoms with Crippen molar-refractivity contribution in [3.05, 3.63) is 76.4 Å². The first-order valence-corrected chi connectivity index (χ1v) is 7.76. The van der Waals surface area contributed by atoms with Gasteiger partial charge in [-0.15, -0.1) is 0 Å². The van der Waals surface area contributed by atoms with Crippen molar-refractivity contribution < 1.29 is 9.90 Å². The summed E-state index contributed by atoms with van der Waals surface area (Å²) in [5.74, 6) is -0.688. The van der Waals surface area contributed by atoms with Crippen molar-refractivity contribution >= 4 is 17.4 Å². The average Bonchev–Trinajstić information content (AvgIpc) is 2.60. The molecule has 1 amide bonds. The van der Waals surface area contributed by atoms with Gasteiger partial charge in [-0.1, -0.05) is 36.4 Å². The molecule has 5 nitrogen and oxygen atoms in total. The Bertz CT molecular complexity index is 832. The molecule has 3 rings (SSSR count). The Kier molecular flexibility index (Phi) is 4.44. The van der Waals surface area contributed by atoms with Crippen molar-refractivity contribution in [2.45, 2.75) is 19.4 Å². The molecule has 122 valence electrons. The number of amides is 1. The minimum absolute atomic E-state index is 0.0209. The SMILES string of the molecule is NC(N)=NC(=O)c1ccc2c(c1)C(c1ccc(CO)cc1)=CCC2. The van der Waals surface area contributed by atoms with Crippen LogP contribution in [0.2, 0.25) is 0 Å². The molecule has 0 radical (unpaired) electrons. The molecule has 5 N–H and O–H groups in total. The quantitative estimate of drug-likeness (QED) is 0.594. The summed E-state index contributed by atoms with van der Waals surface area (Å²) >= 11 is 0. The third-order valence-corrected chi connectivity index (χ3v) is 4.09. The number of rotatable bonds is 3. The van der Waals surface area contributed by atoms with Crippen LogP contribution in [0.4, 0.5) is 0 Å². The molecule has 2 aromatic carbocycles. The minimum Gasteiger partial charge on any atom is -0.392 e. The third-order valence-electron chi connectivity index (χ3n) is 4.09. The number of nitrogens with zero attached hydrogens (tertiary/aromatic N) is 1. The molecule has 0 heterocycles. The summed E-state index contributed by atoms with van der Waals surface area (Å²) in [4.78, 5) is 15.7. The molecule has 0 bridgehead atoms. The monoisotopic (exact) mass is 321 g/mol. The van der Waals surface area contributed by atoms with E-state index in [-0.39, 0.29) is 12.6 Å². The van der Waals surface area contributed by atoms with Gasteiger partial charge < -0.3 is 16.6 Å². The first-order valence-electron chi connectivity index (χ1n) is 7.76. The first kappa shape index (κ1) is 16.0. The summed E-state index contributed by atoms with van der Waals surface area (Å²) in [5, 5.41) is 9.18. The summed E-state index contributed by atoms with van der Waals surface area (Å²) in [6, 6.07) is 13.3. The van der Waals surface area contributed by atoms with E-state index in [1.807, 2.05) is 36.4 Å². The van der Waals surface area contributed by atoms with Crippen LogP contribution in [0, 0.1) is 0 Å². The van der Waals surface area contributed by atoms with Gasteiger partial charge in [0.15, 0.2) is 5.96 Å². The van der Waals surface area contributed by atoms with Crippen molar-refractivity contribution in [2.75, 3.05) is 0 Å². The van der Waals surface area contributed by atoms with E-state index in [0.29, 0.717) is 5.56 Å². The number of nitrogens with two attached hydrogens (primary N) is 2. The van der Waals surface area contributed by atoms with Crippen molar-refractivity contribution in [1.82, 2.24) is 0 Å². The minimum atomic E-state index is -0.446. The molecule has 1 aliphatic carbocycles. The number of benzene rings is 2. The molecule has 0 unspecified atom stereocenters. The summed E-state index contributed by atoms with van der Waals surface area (Å²) in [6.07, 6.45) is 4.06. The largest absolute Gasteiger partial charge is 0.392 e. The van der Waals surface area contributed by atoms with Gasteiger partial charge >= 0.3 is 0 Å². The van der Waals surface area contributed by atoms with Crippen LogP contribution in [-0.2, 0) is 13.0 Å². The molecule has 1 aliphatic rings. The highest BCUT2D eigenvalue weighted by atomic mass is 16.3. The number of fused-ring (bicyclic) bond motifs is 1. The van der Waals surface area contributed by atoms with Gasteiger partial charge in [0.2, 0.25) is 0 Å². The zero-order valence-electron chi connectivity index (χ0n) is 13.2. The van der Waals surface area contributed by atoms with E-state index in [1.165, 1.54) is 5.56 Å². The zero-order valence-corrected chi connectivity index (χ0v) is 13.2. The Hall–Kier alpha value is -2.92. The normalized spacial score (nSPS) is 13.0. The molecule has 0 aromatic heterocycles. The lowest BCUT2D eigenvalue weighted by atomic mass is 9.85. The lowest BCUT2D eigenvalue weighted by molar-refractivity contribution is 0.100. The van der Waals surface area contributed by atoms with Gasteiger partial charge in [0.05, 0.1) is 6.61 Å². The van der Waals surface area contributed by atoms with Crippen molar-refractivity contribution in [3.63, 3.8) is 0 Å². The molecule has 0 aliphatic heterocycles. The van der Waals surface area contributed by atoms with Crippen LogP contribution in [0.1, 0.15) is 39.0 Å². The molecule has 2 aromatic rings. The summed E-state index contributed by atoms with van der Waals surface area (Å²) in [5.41, 5.74) is 16.3. The van der Waals surface area contributed by atoms with Crippen molar-refractivity contribution in [2.24, 2.45) is 16.5 Å². The van der Waals surface area contributed by atoms with E-state index >= 15 is 0 Å². The highest BCUT2D eigenvalue weighted by Crippen LogP contribution is 2.32. The van der Waals surface area contributed by atoms with Crippen LogP contribution in [-0.4, -0.2) is 17.0 Å². The second-order valence-corrected chi connectivity index (χ2v) is 5.73. The molecular weight excluding hydrogens is 302 g/mol. The Morgan fingerprint density at radius 2 is 1.88 bits per heavy atom. The van der Waals surface area contributed by atoms with E-state index in [4.69, 9.17) is 11.5 Å². The number of carbonyl (C=O) groups excluding carboxylic acids is 1. The number of aryl methyl sites for hydroxylation is 1. The molecule has 0 fully saturated rings. The zero-order chi connectivity index (χ0) is 17.1. The van der Waals surface area contributed by atoms with Gasteiger partial charge in [-0.25, -0.2) is 0 Å². The molecule has 24 heavy (non-hydrogen) atoms. The van der Waals surface area contributed by atoms with Crippen LogP contribution < -0.4 is 11.5 Å². The van der Waals surface area contributed by atoms with Crippen LogP contribution in [0.5, 0.6) is 0 Å². The number of guanidine groups is 1. The van der Waals surface area contributed by atoms with E-state index in [2.05, 4.69) is 11.1 Å². The second-order valence-electron chi connectivity index (χ2n) is 5.73. The standard InChI is InChI=1S/C19H19N3O2/c20-19(21)22-18(24)15-9-8-13-2-1-3-16(17(13)10-15)14-6-4-12(11-23)5-7-14/h3-10,23H,1-2,11H2,(H4,20,21,22,24). The number of aliphatic hydroxyl groups is 1. The number of hydrogen-bond donors (Lipinski definition) is 3. The summed E-state index contributed by atoms with van der Waals surface area (Å²) in [7, 11) is 0. The fourth-order valence-electron chi connectivity index (χ4n) is 2.91. The highest BCUT2D eigenvalue weighted by molar-refractivity contribution is 6.02. The summed E-state index contributed by atoms with van der Waals surface area (Å²) < 4.78 is 0. The average molecular weight is 321 g/mol. The number of hydrogen-bond acceptors (Lipinski definition) is 2. The Labute approximate surface area is 140 Å². The van der Waals surface area contributed by atoms with Gasteiger partial charge in [0.1, 0.15) is 0 Å². The lowest BCUT2D eigenvalue weighted by Gasteiger charge is -2.19. The van der Waals surface area contributed by atoms with Crippen LogP contribution in [0.3, 0.4) is 0 Å². The number of aliphatic imine (C=N–C) groups is 1. The number of allylic oxidation sites excluding steroid dienone is 1. The molecule has 0 saturated carbocycles. The van der Waals surface area contributed by atoms with Crippen LogP contribution >= 0.6 is 0 Å². The fourth-order valence-corrected chi connectivity index (χ4v) is 2.91. The number of carbonyl (C=O) groups is 1. The molecule has 0 saturated heterocycles. The Morgan fingerprint density at radius 3 is 2.54 bits per heavy atom. The van der Waals surface area contributed by atoms with E-state index in [1.54, 1.807) is 6.07 Å². The maximum atomic E-state index is 12.1. The van der Waals surface area contributed by atoms with Gasteiger partial charge in [-0.05, 0) is 52.8 Å². The first-order chi connectivity index (χ1) is 11.6. The molecule has 0 spiro atoms. The summed E-state index contributed by atoms with van der Waals surface area (Å²) in [6.45, 7) is 0.0209.